The minimum Gasteiger partial charge on any atom is -0.454 e. The number of benzene rings is 2. The molecular formula is C22H22ClN3O3. The highest BCUT2D eigenvalue weighted by atomic mass is 35.5. The molecule has 0 spiro atoms. The molecule has 0 fully saturated rings. The number of fused-ring (bicyclic) bond motifs is 1. The van der Waals surface area contributed by atoms with Gasteiger partial charge >= 0.3 is 0 Å². The lowest BCUT2D eigenvalue weighted by Gasteiger charge is -2.24. The highest BCUT2D eigenvalue weighted by molar-refractivity contribution is 6.33. The number of halogens is 1. The Bertz CT molecular complexity index is 1080. The molecule has 0 unspecified atom stereocenters. The second kappa shape index (κ2) is 7.79. The van der Waals surface area contributed by atoms with Crippen LogP contribution in [-0.4, -0.2) is 27.4 Å². The minimum atomic E-state index is -0.129. The molecule has 29 heavy (non-hydrogen) atoms. The summed E-state index contributed by atoms with van der Waals surface area (Å²) in [5, 5.41) is 4.92. The molecule has 1 aromatic heterocycles. The van der Waals surface area contributed by atoms with Crippen LogP contribution in [0.3, 0.4) is 0 Å². The van der Waals surface area contributed by atoms with Crippen molar-refractivity contribution < 1.29 is 14.3 Å². The van der Waals surface area contributed by atoms with Crippen molar-refractivity contribution in [1.29, 1.82) is 0 Å². The van der Waals surface area contributed by atoms with Crippen LogP contribution in [0, 0.1) is 13.8 Å². The molecule has 3 aromatic rings. The van der Waals surface area contributed by atoms with E-state index in [2.05, 4.69) is 5.10 Å². The van der Waals surface area contributed by atoms with E-state index in [1.807, 2.05) is 55.9 Å². The molecule has 0 atom stereocenters. The van der Waals surface area contributed by atoms with Gasteiger partial charge in [0.25, 0.3) is 5.91 Å². The number of amides is 1. The number of aromatic nitrogens is 2. The number of hydrogen-bond acceptors (Lipinski definition) is 4. The summed E-state index contributed by atoms with van der Waals surface area (Å²) in [6.45, 7) is 5.03. The number of aryl methyl sites for hydroxylation is 2. The Morgan fingerprint density at radius 1 is 1.14 bits per heavy atom. The van der Waals surface area contributed by atoms with Gasteiger partial charge in [-0.15, -0.1) is 0 Å². The van der Waals surface area contributed by atoms with Gasteiger partial charge in [0.2, 0.25) is 6.79 Å². The van der Waals surface area contributed by atoms with Gasteiger partial charge in [0, 0.05) is 31.4 Å². The predicted molar refractivity (Wildman–Crippen MR) is 110 cm³/mol. The third-order valence-corrected chi connectivity index (χ3v) is 5.54. The van der Waals surface area contributed by atoms with Crippen LogP contribution in [0.15, 0.2) is 42.5 Å². The van der Waals surface area contributed by atoms with Gasteiger partial charge < -0.3 is 14.4 Å². The van der Waals surface area contributed by atoms with Crippen molar-refractivity contribution in [3.05, 3.63) is 75.6 Å². The third-order valence-electron chi connectivity index (χ3n) is 5.21. The number of carbonyl (C=O) groups excluding carboxylic acids is 1. The highest BCUT2D eigenvalue weighted by Gasteiger charge is 2.23. The number of rotatable bonds is 5. The molecule has 7 heteroatoms. The summed E-state index contributed by atoms with van der Waals surface area (Å²) < 4.78 is 12.7. The van der Waals surface area contributed by atoms with E-state index in [1.54, 1.807) is 17.0 Å². The number of nitrogens with zero attached hydrogens (tertiary/aromatic N) is 3. The third kappa shape index (κ3) is 3.80. The van der Waals surface area contributed by atoms with Gasteiger partial charge in [-0.2, -0.15) is 5.10 Å². The van der Waals surface area contributed by atoms with Crippen LogP contribution in [-0.2, 0) is 20.1 Å². The van der Waals surface area contributed by atoms with E-state index in [0.717, 1.165) is 28.3 Å². The van der Waals surface area contributed by atoms with Crippen molar-refractivity contribution in [1.82, 2.24) is 14.7 Å². The second-order valence-corrected chi connectivity index (χ2v) is 7.51. The predicted octanol–water partition coefficient (Wildman–Crippen LogP) is 4.26. The van der Waals surface area contributed by atoms with E-state index in [1.165, 1.54) is 0 Å². The van der Waals surface area contributed by atoms with Crippen molar-refractivity contribution >= 4 is 17.5 Å². The lowest BCUT2D eigenvalue weighted by atomic mass is 10.1. The molecule has 1 amide bonds. The van der Waals surface area contributed by atoms with Crippen LogP contribution >= 0.6 is 11.6 Å². The molecule has 0 N–H and O–H groups in total. The van der Waals surface area contributed by atoms with Gasteiger partial charge in [0.1, 0.15) is 0 Å². The van der Waals surface area contributed by atoms with E-state index in [9.17, 15) is 4.79 Å². The van der Waals surface area contributed by atoms with Crippen molar-refractivity contribution in [2.75, 3.05) is 6.79 Å². The topological polar surface area (TPSA) is 56.6 Å². The molecule has 1 aliphatic rings. The summed E-state index contributed by atoms with van der Waals surface area (Å²) in [6.07, 6.45) is 0. The quantitative estimate of drug-likeness (QED) is 0.629. The van der Waals surface area contributed by atoms with Crippen LogP contribution < -0.4 is 9.47 Å². The zero-order valence-corrected chi connectivity index (χ0v) is 17.4. The van der Waals surface area contributed by atoms with Gasteiger partial charge in [-0.25, -0.2) is 0 Å². The Morgan fingerprint density at radius 2 is 1.90 bits per heavy atom. The summed E-state index contributed by atoms with van der Waals surface area (Å²) in [4.78, 5) is 15.2. The summed E-state index contributed by atoms with van der Waals surface area (Å²) in [5.74, 6) is 1.29. The normalized spacial score (nSPS) is 12.3. The lowest BCUT2D eigenvalue weighted by molar-refractivity contribution is 0.0729. The standard InChI is InChI=1S/C22H22ClN3O3/c1-14-18(15(2)25(3)24-14)12-26(22(27)17-6-4-5-7-19(17)23)11-16-8-9-20-21(10-16)29-13-28-20/h4-10H,11-13H2,1-3H3. The SMILES string of the molecule is Cc1nn(C)c(C)c1CN(Cc1ccc2c(c1)OCO2)C(=O)c1ccccc1Cl. The van der Waals surface area contributed by atoms with Gasteiger partial charge in [-0.3, -0.25) is 9.48 Å². The van der Waals surface area contributed by atoms with Gasteiger partial charge in [-0.05, 0) is 43.7 Å². The lowest BCUT2D eigenvalue weighted by Crippen LogP contribution is -2.30. The first kappa shape index (κ1) is 19.3. The van der Waals surface area contributed by atoms with Gasteiger partial charge in [0.05, 0.1) is 16.3 Å². The summed E-state index contributed by atoms with van der Waals surface area (Å²) in [6, 6.07) is 12.8. The van der Waals surface area contributed by atoms with Gasteiger partial charge in [-0.1, -0.05) is 29.8 Å². The van der Waals surface area contributed by atoms with Crippen molar-refractivity contribution in [3.8, 4) is 11.5 Å². The Balaban J connectivity index is 1.68. The van der Waals surface area contributed by atoms with E-state index < -0.39 is 0 Å². The monoisotopic (exact) mass is 411 g/mol. The van der Waals surface area contributed by atoms with Crippen molar-refractivity contribution in [2.45, 2.75) is 26.9 Å². The molecule has 0 aliphatic carbocycles. The van der Waals surface area contributed by atoms with Crippen LogP contribution in [0.5, 0.6) is 11.5 Å². The minimum absolute atomic E-state index is 0.129. The zero-order chi connectivity index (χ0) is 20.5. The summed E-state index contributed by atoms with van der Waals surface area (Å²) in [7, 11) is 1.91. The maximum atomic E-state index is 13.4. The van der Waals surface area contributed by atoms with Crippen molar-refractivity contribution in [2.24, 2.45) is 7.05 Å². The smallest absolute Gasteiger partial charge is 0.255 e. The van der Waals surface area contributed by atoms with Crippen LogP contribution in [0.2, 0.25) is 5.02 Å². The molecule has 0 radical (unpaired) electrons. The largest absolute Gasteiger partial charge is 0.454 e. The molecular weight excluding hydrogens is 390 g/mol. The number of hydrogen-bond donors (Lipinski definition) is 0. The molecule has 0 saturated carbocycles. The fourth-order valence-electron chi connectivity index (χ4n) is 3.50. The first-order chi connectivity index (χ1) is 13.9. The van der Waals surface area contributed by atoms with Crippen molar-refractivity contribution in [3.63, 3.8) is 0 Å². The highest BCUT2D eigenvalue weighted by Crippen LogP contribution is 2.33. The Labute approximate surface area is 174 Å². The maximum absolute atomic E-state index is 13.4. The average molecular weight is 412 g/mol. The zero-order valence-electron chi connectivity index (χ0n) is 16.6. The molecule has 1 aliphatic heterocycles. The van der Waals surface area contributed by atoms with E-state index in [-0.39, 0.29) is 12.7 Å². The summed E-state index contributed by atoms with van der Waals surface area (Å²) >= 11 is 6.31. The van der Waals surface area contributed by atoms with E-state index in [0.29, 0.717) is 29.4 Å². The van der Waals surface area contributed by atoms with Crippen LogP contribution in [0.25, 0.3) is 0 Å². The second-order valence-electron chi connectivity index (χ2n) is 7.10. The van der Waals surface area contributed by atoms with E-state index in [4.69, 9.17) is 21.1 Å². The van der Waals surface area contributed by atoms with E-state index >= 15 is 0 Å². The molecule has 2 aromatic carbocycles. The Kier molecular flexibility index (Phi) is 5.20. The fraction of sp³-hybridized carbons (Fsp3) is 0.273. The first-order valence-electron chi connectivity index (χ1n) is 9.35. The molecule has 6 nitrogen and oxygen atoms in total. The number of ether oxygens (including phenoxy) is 2. The molecule has 2 heterocycles. The molecule has 150 valence electrons. The number of carbonyl (C=O) groups is 1. The molecule has 4 rings (SSSR count). The van der Waals surface area contributed by atoms with Crippen LogP contribution in [0.1, 0.15) is 32.9 Å². The van der Waals surface area contributed by atoms with Crippen LogP contribution in [0.4, 0.5) is 0 Å². The molecule has 0 bridgehead atoms. The molecule has 0 saturated heterocycles. The van der Waals surface area contributed by atoms with Gasteiger partial charge in [0.15, 0.2) is 11.5 Å². The Morgan fingerprint density at radius 3 is 2.62 bits per heavy atom. The maximum Gasteiger partial charge on any atom is 0.255 e. The summed E-state index contributed by atoms with van der Waals surface area (Å²) in [5.41, 5.74) is 4.41. The average Bonchev–Trinajstić information content (AvgIpc) is 3.26. The fourth-order valence-corrected chi connectivity index (χ4v) is 3.72. The Hall–Kier alpha value is -2.99. The first-order valence-corrected chi connectivity index (χ1v) is 9.73.